The summed E-state index contributed by atoms with van der Waals surface area (Å²) in [7, 11) is 6.01. The van der Waals surface area contributed by atoms with Gasteiger partial charge in [-0.25, -0.2) is 0 Å². The van der Waals surface area contributed by atoms with Gasteiger partial charge in [-0.05, 0) is 48.7 Å². The van der Waals surface area contributed by atoms with Crippen molar-refractivity contribution in [3.05, 3.63) is 47.0 Å². The lowest BCUT2D eigenvalue weighted by molar-refractivity contribution is 0.224. The van der Waals surface area contributed by atoms with Gasteiger partial charge >= 0.3 is 0 Å². The molecule has 1 aliphatic heterocycles. The van der Waals surface area contributed by atoms with Crippen molar-refractivity contribution in [2.75, 3.05) is 0 Å². The second-order valence-corrected chi connectivity index (χ2v) is 5.22. The molecule has 2 aromatic rings. The minimum absolute atomic E-state index is 0.711. The van der Waals surface area contributed by atoms with Gasteiger partial charge in [0.05, 0.1) is 5.50 Å². The van der Waals surface area contributed by atoms with Crippen LogP contribution < -0.4 is 4.74 Å². The van der Waals surface area contributed by atoms with Crippen molar-refractivity contribution >= 4 is 24.7 Å². The van der Waals surface area contributed by atoms with Crippen molar-refractivity contribution in [3.8, 4) is 5.75 Å². The first-order chi connectivity index (χ1) is 8.48. The topological polar surface area (TPSA) is 9.23 Å². The molecule has 1 nitrogen and oxygen atoms in total. The summed E-state index contributed by atoms with van der Waals surface area (Å²) in [4.78, 5) is 0. The Kier molecular flexibility index (Phi) is 2.31. The SMILES string of the molecule is [B]C1(C)C=Cc2c(cc(C)c3c(C)cccc23)O1. The molecule has 0 saturated heterocycles. The predicted molar refractivity (Wildman–Crippen MR) is 77.2 cm³/mol. The van der Waals surface area contributed by atoms with E-state index < -0.39 is 5.50 Å². The predicted octanol–water partition coefficient (Wildman–Crippen LogP) is 3.75. The molecule has 2 aromatic carbocycles. The number of aryl methyl sites for hydroxylation is 2. The summed E-state index contributed by atoms with van der Waals surface area (Å²) in [6.07, 6.45) is 3.98. The van der Waals surface area contributed by atoms with Crippen molar-refractivity contribution in [2.45, 2.75) is 26.3 Å². The zero-order valence-electron chi connectivity index (χ0n) is 10.9. The lowest BCUT2D eigenvalue weighted by atomic mass is 9.80. The minimum Gasteiger partial charge on any atom is -0.493 e. The average Bonchev–Trinajstić information content (AvgIpc) is 2.27. The summed E-state index contributed by atoms with van der Waals surface area (Å²) < 4.78 is 5.84. The highest BCUT2D eigenvalue weighted by molar-refractivity contribution is 6.17. The fourth-order valence-corrected chi connectivity index (χ4v) is 2.67. The van der Waals surface area contributed by atoms with Crippen LogP contribution in [0.2, 0.25) is 0 Å². The molecule has 1 unspecified atom stereocenters. The van der Waals surface area contributed by atoms with E-state index in [-0.39, 0.29) is 0 Å². The molecular formula is C16H15BO. The van der Waals surface area contributed by atoms with Crippen LogP contribution in [0.15, 0.2) is 30.3 Å². The highest BCUT2D eigenvalue weighted by atomic mass is 16.5. The van der Waals surface area contributed by atoms with Crippen LogP contribution in [0.3, 0.4) is 0 Å². The van der Waals surface area contributed by atoms with Crippen LogP contribution >= 0.6 is 0 Å². The smallest absolute Gasteiger partial charge is 0.137 e. The number of hydrogen-bond acceptors (Lipinski definition) is 1. The fourth-order valence-electron chi connectivity index (χ4n) is 2.67. The molecule has 88 valence electrons. The van der Waals surface area contributed by atoms with E-state index in [2.05, 4.69) is 44.2 Å². The van der Waals surface area contributed by atoms with Crippen LogP contribution in [-0.4, -0.2) is 13.3 Å². The van der Waals surface area contributed by atoms with Crippen LogP contribution in [0, 0.1) is 13.8 Å². The molecule has 0 fully saturated rings. The molecule has 0 spiro atoms. The third-order valence-electron chi connectivity index (χ3n) is 3.48. The Morgan fingerprint density at radius 2 is 1.94 bits per heavy atom. The number of rotatable bonds is 0. The molecule has 1 atom stereocenters. The first-order valence-corrected chi connectivity index (χ1v) is 6.18. The molecule has 0 bridgehead atoms. The highest BCUT2D eigenvalue weighted by Gasteiger charge is 2.23. The summed E-state index contributed by atoms with van der Waals surface area (Å²) in [5.41, 5.74) is 2.94. The highest BCUT2D eigenvalue weighted by Crippen LogP contribution is 2.38. The first-order valence-electron chi connectivity index (χ1n) is 6.18. The number of hydrogen-bond donors (Lipinski definition) is 0. The van der Waals surface area contributed by atoms with Gasteiger partial charge in [-0.2, -0.15) is 0 Å². The molecule has 2 heteroatoms. The van der Waals surface area contributed by atoms with Crippen LogP contribution in [0.1, 0.15) is 23.6 Å². The molecule has 0 aliphatic carbocycles. The molecule has 1 heterocycles. The monoisotopic (exact) mass is 234 g/mol. The quantitative estimate of drug-likeness (QED) is 0.631. The van der Waals surface area contributed by atoms with Crippen molar-refractivity contribution in [3.63, 3.8) is 0 Å². The van der Waals surface area contributed by atoms with Crippen molar-refractivity contribution in [2.24, 2.45) is 0 Å². The van der Waals surface area contributed by atoms with Crippen LogP contribution in [0.5, 0.6) is 5.75 Å². The maximum Gasteiger partial charge on any atom is 0.137 e. The number of ether oxygens (including phenoxy) is 1. The number of benzene rings is 2. The second kappa shape index (κ2) is 3.65. The molecule has 0 amide bonds. The molecular weight excluding hydrogens is 219 g/mol. The van der Waals surface area contributed by atoms with Gasteiger partial charge in [0.25, 0.3) is 0 Å². The Morgan fingerprint density at radius 3 is 2.72 bits per heavy atom. The van der Waals surface area contributed by atoms with Gasteiger partial charge < -0.3 is 4.74 Å². The zero-order valence-corrected chi connectivity index (χ0v) is 10.9. The number of fused-ring (bicyclic) bond motifs is 3. The standard InChI is InChI=1S/C16H15BO/c1-10-5-4-6-13-12-7-8-16(3,17)18-14(12)9-11(2)15(10)13/h4-9H,1-3H3. The van der Waals surface area contributed by atoms with Crippen LogP contribution in [-0.2, 0) is 0 Å². The van der Waals surface area contributed by atoms with Gasteiger partial charge in [-0.3, -0.25) is 0 Å². The van der Waals surface area contributed by atoms with E-state index in [4.69, 9.17) is 12.6 Å². The molecule has 0 N–H and O–H groups in total. The molecule has 3 rings (SSSR count). The normalized spacial score (nSPS) is 21.7. The average molecular weight is 234 g/mol. The van der Waals surface area contributed by atoms with E-state index >= 15 is 0 Å². The maximum absolute atomic E-state index is 6.01. The van der Waals surface area contributed by atoms with E-state index in [1.807, 2.05) is 13.0 Å². The summed E-state index contributed by atoms with van der Waals surface area (Å²) in [6.45, 7) is 6.12. The fraction of sp³-hybridized carbons (Fsp3) is 0.250. The zero-order chi connectivity index (χ0) is 12.9. The Morgan fingerprint density at radius 1 is 1.17 bits per heavy atom. The Hall–Kier alpha value is -1.70. The molecule has 1 aliphatic rings. The Bertz CT molecular complexity index is 668. The van der Waals surface area contributed by atoms with Gasteiger partial charge in [0.1, 0.15) is 13.6 Å². The van der Waals surface area contributed by atoms with E-state index in [0.717, 1.165) is 11.3 Å². The second-order valence-electron chi connectivity index (χ2n) is 5.22. The molecule has 18 heavy (non-hydrogen) atoms. The van der Waals surface area contributed by atoms with Crippen molar-refractivity contribution < 1.29 is 4.74 Å². The maximum atomic E-state index is 6.01. The summed E-state index contributed by atoms with van der Waals surface area (Å²) in [5.74, 6) is 0.873. The third kappa shape index (κ3) is 1.64. The molecule has 0 saturated carbocycles. The van der Waals surface area contributed by atoms with Gasteiger partial charge in [-0.15, -0.1) is 0 Å². The minimum atomic E-state index is -0.711. The summed E-state index contributed by atoms with van der Waals surface area (Å²) in [5, 5.41) is 2.54. The summed E-state index contributed by atoms with van der Waals surface area (Å²) in [6, 6.07) is 8.45. The van der Waals surface area contributed by atoms with Gasteiger partial charge in [-0.1, -0.05) is 30.4 Å². The van der Waals surface area contributed by atoms with Gasteiger partial charge in [0.15, 0.2) is 0 Å². The first kappa shape index (κ1) is 11.4. The van der Waals surface area contributed by atoms with Crippen molar-refractivity contribution in [1.29, 1.82) is 0 Å². The van der Waals surface area contributed by atoms with Gasteiger partial charge in [0, 0.05) is 5.56 Å². The van der Waals surface area contributed by atoms with E-state index in [9.17, 15) is 0 Å². The summed E-state index contributed by atoms with van der Waals surface area (Å²) >= 11 is 0. The van der Waals surface area contributed by atoms with Crippen LogP contribution in [0.25, 0.3) is 16.8 Å². The third-order valence-corrected chi connectivity index (χ3v) is 3.48. The van der Waals surface area contributed by atoms with E-state index in [1.165, 1.54) is 21.9 Å². The van der Waals surface area contributed by atoms with Crippen LogP contribution in [0.4, 0.5) is 0 Å². The Balaban J connectivity index is 2.38. The lowest BCUT2D eigenvalue weighted by Crippen LogP contribution is -2.32. The van der Waals surface area contributed by atoms with Crippen molar-refractivity contribution in [1.82, 2.24) is 0 Å². The lowest BCUT2D eigenvalue weighted by Gasteiger charge is -2.29. The van der Waals surface area contributed by atoms with E-state index in [1.54, 1.807) is 0 Å². The molecule has 0 aromatic heterocycles. The van der Waals surface area contributed by atoms with E-state index in [0.29, 0.717) is 0 Å². The molecule has 2 radical (unpaired) electrons. The largest absolute Gasteiger partial charge is 0.493 e. The van der Waals surface area contributed by atoms with Gasteiger partial charge in [0.2, 0.25) is 0 Å². The Labute approximate surface area is 109 Å².